The number of fused-ring (bicyclic) bond motifs is 1. The monoisotopic (exact) mass is 191 g/mol. The Morgan fingerprint density at radius 2 is 2.14 bits per heavy atom. The smallest absolute Gasteiger partial charge is 0.00670 e. The van der Waals surface area contributed by atoms with Crippen molar-refractivity contribution >= 4 is 0 Å². The standard InChI is InChI=1S/C13H21N/c1-3-4-5-13-7-6-12(2,10-14)11(8-13)9-13/h4-7,11H,3,8-10,14H2,1-2H3/b5-4-. The van der Waals surface area contributed by atoms with Gasteiger partial charge in [0.25, 0.3) is 0 Å². The van der Waals surface area contributed by atoms with Crippen LogP contribution in [0.25, 0.3) is 0 Å². The fourth-order valence-corrected chi connectivity index (χ4v) is 2.73. The van der Waals surface area contributed by atoms with Crippen molar-refractivity contribution in [2.24, 2.45) is 22.5 Å². The molecule has 3 aliphatic carbocycles. The van der Waals surface area contributed by atoms with Gasteiger partial charge >= 0.3 is 0 Å². The Bertz CT molecular complexity index is 271. The second-order valence-corrected chi connectivity index (χ2v) is 5.19. The van der Waals surface area contributed by atoms with Crippen LogP contribution in [0.5, 0.6) is 0 Å². The van der Waals surface area contributed by atoms with Crippen LogP contribution in [0.4, 0.5) is 0 Å². The van der Waals surface area contributed by atoms with Crippen LogP contribution >= 0.6 is 0 Å². The molecule has 78 valence electrons. The zero-order valence-corrected chi connectivity index (χ0v) is 9.29. The van der Waals surface area contributed by atoms with Crippen LogP contribution in [0.1, 0.15) is 33.1 Å². The fraction of sp³-hybridized carbons (Fsp3) is 0.692. The maximum atomic E-state index is 5.83. The lowest BCUT2D eigenvalue weighted by molar-refractivity contribution is 0.0455. The topological polar surface area (TPSA) is 26.0 Å². The van der Waals surface area contributed by atoms with Crippen LogP contribution in [0.3, 0.4) is 0 Å². The van der Waals surface area contributed by atoms with Crippen molar-refractivity contribution in [2.45, 2.75) is 33.1 Å². The quantitative estimate of drug-likeness (QED) is 0.682. The summed E-state index contributed by atoms with van der Waals surface area (Å²) in [5, 5.41) is 0. The van der Waals surface area contributed by atoms with Crippen LogP contribution < -0.4 is 5.73 Å². The summed E-state index contributed by atoms with van der Waals surface area (Å²) in [4.78, 5) is 0. The van der Waals surface area contributed by atoms with Crippen LogP contribution in [-0.4, -0.2) is 6.54 Å². The maximum Gasteiger partial charge on any atom is 0.00670 e. The van der Waals surface area contributed by atoms with Crippen LogP contribution in [0.2, 0.25) is 0 Å². The molecule has 0 heterocycles. The second kappa shape index (κ2) is 3.23. The Labute approximate surface area is 87.1 Å². The Kier molecular flexibility index (Phi) is 2.30. The van der Waals surface area contributed by atoms with Crippen molar-refractivity contribution < 1.29 is 0 Å². The molecule has 0 aromatic heterocycles. The van der Waals surface area contributed by atoms with Crippen molar-refractivity contribution in [3.05, 3.63) is 24.3 Å². The summed E-state index contributed by atoms with van der Waals surface area (Å²) in [6.45, 7) is 5.28. The lowest BCUT2D eigenvalue weighted by Gasteiger charge is -2.55. The van der Waals surface area contributed by atoms with Gasteiger partial charge in [0.05, 0.1) is 0 Å². The van der Waals surface area contributed by atoms with E-state index in [0.717, 1.165) is 18.9 Å². The van der Waals surface area contributed by atoms with Gasteiger partial charge in [0.1, 0.15) is 0 Å². The molecule has 0 spiro atoms. The van der Waals surface area contributed by atoms with Gasteiger partial charge in [-0.15, -0.1) is 0 Å². The summed E-state index contributed by atoms with van der Waals surface area (Å²) in [6.07, 6.45) is 13.2. The summed E-state index contributed by atoms with van der Waals surface area (Å²) in [5.74, 6) is 0.819. The van der Waals surface area contributed by atoms with Crippen molar-refractivity contribution in [1.29, 1.82) is 0 Å². The summed E-state index contributed by atoms with van der Waals surface area (Å²) in [7, 11) is 0. The van der Waals surface area contributed by atoms with Gasteiger partial charge in [-0.3, -0.25) is 0 Å². The zero-order chi connectivity index (χ0) is 10.2. The molecule has 2 N–H and O–H groups in total. The molecule has 2 bridgehead atoms. The van der Waals surface area contributed by atoms with Crippen molar-refractivity contribution in [3.8, 4) is 0 Å². The molecule has 14 heavy (non-hydrogen) atoms. The number of hydrogen-bond acceptors (Lipinski definition) is 1. The van der Waals surface area contributed by atoms with Crippen molar-refractivity contribution in [3.63, 3.8) is 0 Å². The predicted octanol–water partition coefficient (Wildman–Crippen LogP) is 2.88. The molecule has 1 saturated carbocycles. The largest absolute Gasteiger partial charge is 0.330 e. The van der Waals surface area contributed by atoms with Crippen LogP contribution in [0.15, 0.2) is 24.3 Å². The van der Waals surface area contributed by atoms with Gasteiger partial charge in [-0.05, 0) is 25.2 Å². The van der Waals surface area contributed by atoms with E-state index in [2.05, 4.69) is 38.2 Å². The van der Waals surface area contributed by atoms with Gasteiger partial charge in [0.2, 0.25) is 0 Å². The van der Waals surface area contributed by atoms with E-state index in [-0.39, 0.29) is 5.41 Å². The highest BCUT2D eigenvalue weighted by Crippen LogP contribution is 2.59. The molecule has 3 aliphatic rings. The van der Waals surface area contributed by atoms with Gasteiger partial charge in [0.15, 0.2) is 0 Å². The van der Waals surface area contributed by atoms with E-state index in [0.29, 0.717) is 5.41 Å². The number of rotatable bonds is 3. The Balaban J connectivity index is 2.13. The zero-order valence-electron chi connectivity index (χ0n) is 9.29. The molecule has 0 aromatic rings. The van der Waals surface area contributed by atoms with E-state index in [1.165, 1.54) is 12.8 Å². The lowest BCUT2D eigenvalue weighted by atomic mass is 9.49. The molecule has 1 atom stereocenters. The number of allylic oxidation sites excluding steroid dienone is 3. The highest BCUT2D eigenvalue weighted by Gasteiger charge is 2.51. The molecule has 0 radical (unpaired) electrons. The summed E-state index contributed by atoms with van der Waals surface area (Å²) in [5.41, 5.74) is 6.52. The van der Waals surface area contributed by atoms with Gasteiger partial charge in [0, 0.05) is 17.4 Å². The summed E-state index contributed by atoms with van der Waals surface area (Å²) < 4.78 is 0. The number of nitrogens with two attached hydrogens (primary N) is 1. The molecule has 1 nitrogen and oxygen atoms in total. The Morgan fingerprint density at radius 3 is 2.57 bits per heavy atom. The molecule has 0 saturated heterocycles. The minimum atomic E-state index is 0.280. The highest BCUT2D eigenvalue weighted by molar-refractivity contribution is 5.27. The first-order valence-corrected chi connectivity index (χ1v) is 5.72. The van der Waals surface area contributed by atoms with E-state index in [1.54, 1.807) is 0 Å². The highest BCUT2D eigenvalue weighted by atomic mass is 14.6. The lowest BCUT2D eigenvalue weighted by Crippen LogP contribution is -2.49. The van der Waals surface area contributed by atoms with E-state index >= 15 is 0 Å². The second-order valence-electron chi connectivity index (χ2n) is 5.19. The minimum absolute atomic E-state index is 0.280. The van der Waals surface area contributed by atoms with E-state index in [1.807, 2.05) is 0 Å². The first kappa shape index (κ1) is 9.97. The maximum absolute atomic E-state index is 5.83. The molecule has 0 aliphatic heterocycles. The number of hydrogen-bond donors (Lipinski definition) is 1. The minimum Gasteiger partial charge on any atom is -0.330 e. The molecule has 1 unspecified atom stereocenters. The SMILES string of the molecule is CC/C=C\C12C=CC(C)(CN)C(C1)C2. The molecule has 0 aromatic carbocycles. The van der Waals surface area contributed by atoms with Gasteiger partial charge in [-0.1, -0.05) is 38.2 Å². The third-order valence-corrected chi connectivity index (χ3v) is 4.11. The Hall–Kier alpha value is -0.560. The average molecular weight is 191 g/mol. The third-order valence-electron chi connectivity index (χ3n) is 4.11. The van der Waals surface area contributed by atoms with E-state index in [9.17, 15) is 0 Å². The van der Waals surface area contributed by atoms with Crippen molar-refractivity contribution in [1.82, 2.24) is 0 Å². The predicted molar refractivity (Wildman–Crippen MR) is 60.9 cm³/mol. The first-order chi connectivity index (χ1) is 6.64. The molecule has 3 rings (SSSR count). The third kappa shape index (κ3) is 1.35. The first-order valence-electron chi connectivity index (χ1n) is 5.72. The molecular weight excluding hydrogens is 170 g/mol. The van der Waals surface area contributed by atoms with Crippen molar-refractivity contribution in [2.75, 3.05) is 6.54 Å². The van der Waals surface area contributed by atoms with Gasteiger partial charge in [-0.2, -0.15) is 0 Å². The van der Waals surface area contributed by atoms with Gasteiger partial charge < -0.3 is 5.73 Å². The Morgan fingerprint density at radius 1 is 1.43 bits per heavy atom. The van der Waals surface area contributed by atoms with Gasteiger partial charge in [-0.25, -0.2) is 0 Å². The molecular formula is C13H21N. The summed E-state index contributed by atoms with van der Waals surface area (Å²) in [6, 6.07) is 0. The normalized spacial score (nSPS) is 45.5. The van der Waals surface area contributed by atoms with E-state index in [4.69, 9.17) is 5.73 Å². The molecule has 0 amide bonds. The average Bonchev–Trinajstić information content (AvgIpc) is 2.15. The summed E-state index contributed by atoms with van der Waals surface area (Å²) >= 11 is 0. The fourth-order valence-electron chi connectivity index (χ4n) is 2.73. The molecule has 1 heteroatoms. The molecule has 1 fully saturated rings. The van der Waals surface area contributed by atoms with Crippen LogP contribution in [0, 0.1) is 16.7 Å². The van der Waals surface area contributed by atoms with E-state index < -0.39 is 0 Å². The van der Waals surface area contributed by atoms with Crippen LogP contribution in [-0.2, 0) is 0 Å².